The van der Waals surface area contributed by atoms with Gasteiger partial charge in [-0.1, -0.05) is 37.3 Å². The van der Waals surface area contributed by atoms with E-state index in [1.165, 1.54) is 5.56 Å². The van der Waals surface area contributed by atoms with Gasteiger partial charge in [-0.05, 0) is 42.2 Å². The standard InChI is InChI=1S/C29H30N4O3/c1-17-15-33(16-23(30)28(17)35)25-9-10-31-14-20(25)11-26(34)24-8-7-19-12-27(36-29(19)32-24)22-13-21(22)18-5-3-2-4-6-18/h2-10,12,14,17,21-23,28,35H,11,13,15-16,30H2,1H3/t17-,21-,22+,23+,28+/m0/s1. The Kier molecular flexibility index (Phi) is 5.82. The summed E-state index contributed by atoms with van der Waals surface area (Å²) in [4.78, 5) is 24.2. The molecule has 7 nitrogen and oxygen atoms in total. The molecule has 184 valence electrons. The Morgan fingerprint density at radius 3 is 2.78 bits per heavy atom. The zero-order valence-corrected chi connectivity index (χ0v) is 20.2. The van der Waals surface area contributed by atoms with Crippen LogP contribution in [-0.2, 0) is 6.42 Å². The third kappa shape index (κ3) is 4.29. The van der Waals surface area contributed by atoms with Crippen LogP contribution < -0.4 is 10.6 Å². The zero-order valence-electron chi connectivity index (χ0n) is 20.2. The number of fused-ring (bicyclic) bond motifs is 1. The molecular weight excluding hydrogens is 452 g/mol. The smallest absolute Gasteiger partial charge is 0.226 e. The first-order valence-corrected chi connectivity index (χ1v) is 12.6. The van der Waals surface area contributed by atoms with Gasteiger partial charge >= 0.3 is 0 Å². The Hall–Kier alpha value is -3.55. The van der Waals surface area contributed by atoms with Gasteiger partial charge in [0, 0.05) is 66.4 Å². The number of furan rings is 1. The number of Topliss-reactive ketones (excluding diaryl/α,β-unsaturated/α-hetero) is 1. The Morgan fingerprint density at radius 1 is 1.14 bits per heavy atom. The number of pyridine rings is 2. The van der Waals surface area contributed by atoms with Gasteiger partial charge in [-0.3, -0.25) is 9.78 Å². The first-order valence-electron chi connectivity index (χ1n) is 12.6. The summed E-state index contributed by atoms with van der Waals surface area (Å²) in [6, 6.07) is 17.8. The summed E-state index contributed by atoms with van der Waals surface area (Å²) in [6.07, 6.45) is 4.17. The maximum absolute atomic E-state index is 13.2. The fourth-order valence-corrected chi connectivity index (χ4v) is 5.49. The summed E-state index contributed by atoms with van der Waals surface area (Å²) in [5.74, 6) is 1.71. The zero-order chi connectivity index (χ0) is 24.8. The molecule has 3 aromatic heterocycles. The van der Waals surface area contributed by atoms with E-state index in [2.05, 4.69) is 45.2 Å². The van der Waals surface area contributed by atoms with Crippen molar-refractivity contribution in [2.75, 3.05) is 18.0 Å². The lowest BCUT2D eigenvalue weighted by Crippen LogP contribution is -2.55. The average molecular weight is 483 g/mol. The van der Waals surface area contributed by atoms with Gasteiger partial charge in [0.05, 0.1) is 6.10 Å². The molecule has 4 aromatic rings. The second-order valence-electron chi connectivity index (χ2n) is 10.2. The minimum Gasteiger partial charge on any atom is -0.442 e. The number of aromatic nitrogens is 2. The molecular formula is C29H30N4O3. The Labute approximate surface area is 210 Å². The van der Waals surface area contributed by atoms with Crippen LogP contribution in [0.4, 0.5) is 5.69 Å². The number of benzene rings is 1. The van der Waals surface area contributed by atoms with Gasteiger partial charge in [0.1, 0.15) is 11.5 Å². The number of anilines is 1. The van der Waals surface area contributed by atoms with Gasteiger partial charge < -0.3 is 20.2 Å². The van der Waals surface area contributed by atoms with Gasteiger partial charge in [-0.25, -0.2) is 4.98 Å². The Morgan fingerprint density at radius 2 is 1.97 bits per heavy atom. The first kappa shape index (κ1) is 22.9. The number of aliphatic hydroxyl groups is 1. The Bertz CT molecular complexity index is 1390. The highest BCUT2D eigenvalue weighted by Crippen LogP contribution is 2.55. The molecule has 0 spiro atoms. The predicted octanol–water partition coefficient (Wildman–Crippen LogP) is 4.06. The molecule has 1 aromatic carbocycles. The first-order chi connectivity index (χ1) is 17.5. The number of piperidine rings is 1. The average Bonchev–Trinajstić information content (AvgIpc) is 3.59. The summed E-state index contributed by atoms with van der Waals surface area (Å²) in [6.45, 7) is 3.19. The monoisotopic (exact) mass is 482 g/mol. The number of rotatable bonds is 6. The van der Waals surface area contributed by atoms with E-state index in [-0.39, 0.29) is 24.2 Å². The maximum atomic E-state index is 13.2. The van der Waals surface area contributed by atoms with Crippen molar-refractivity contribution in [1.82, 2.24) is 9.97 Å². The fourth-order valence-electron chi connectivity index (χ4n) is 5.49. The van der Waals surface area contributed by atoms with Gasteiger partial charge in [-0.15, -0.1) is 0 Å². The number of ketones is 1. The second-order valence-corrected chi connectivity index (χ2v) is 10.2. The van der Waals surface area contributed by atoms with Gasteiger partial charge in [0.2, 0.25) is 5.71 Å². The van der Waals surface area contributed by atoms with E-state index in [4.69, 9.17) is 10.2 Å². The van der Waals surface area contributed by atoms with E-state index in [9.17, 15) is 9.90 Å². The second kappa shape index (κ2) is 9.15. The number of aliphatic hydroxyl groups excluding tert-OH is 1. The normalized spacial score (nSPS) is 25.8. The van der Waals surface area contributed by atoms with Crippen LogP contribution >= 0.6 is 0 Å². The quantitative estimate of drug-likeness (QED) is 0.399. The van der Waals surface area contributed by atoms with E-state index in [0.29, 0.717) is 36.3 Å². The molecule has 0 unspecified atom stereocenters. The van der Waals surface area contributed by atoms with E-state index in [1.807, 2.05) is 25.1 Å². The number of carbonyl (C=O) groups is 1. The van der Waals surface area contributed by atoms with E-state index >= 15 is 0 Å². The molecule has 4 heterocycles. The molecule has 1 aliphatic heterocycles. The fraction of sp³-hybridized carbons (Fsp3) is 0.345. The Balaban J connectivity index is 1.20. The molecule has 0 radical (unpaired) electrons. The van der Waals surface area contributed by atoms with Crippen molar-refractivity contribution in [2.24, 2.45) is 11.7 Å². The predicted molar refractivity (Wildman–Crippen MR) is 138 cm³/mol. The number of nitrogens with two attached hydrogens (primary N) is 1. The topological polar surface area (TPSA) is 105 Å². The van der Waals surface area contributed by atoms with Crippen LogP contribution in [0, 0.1) is 5.92 Å². The van der Waals surface area contributed by atoms with Crippen LogP contribution in [0.2, 0.25) is 0 Å². The van der Waals surface area contributed by atoms with Crippen molar-refractivity contribution < 1.29 is 14.3 Å². The van der Waals surface area contributed by atoms with E-state index < -0.39 is 6.10 Å². The van der Waals surface area contributed by atoms with Crippen LogP contribution in [0.15, 0.2) is 71.4 Å². The highest BCUT2D eigenvalue weighted by Gasteiger charge is 2.42. The summed E-state index contributed by atoms with van der Waals surface area (Å²) in [7, 11) is 0. The molecule has 36 heavy (non-hydrogen) atoms. The lowest BCUT2D eigenvalue weighted by atomic mass is 9.92. The van der Waals surface area contributed by atoms with E-state index in [0.717, 1.165) is 28.8 Å². The molecule has 2 aliphatic rings. The summed E-state index contributed by atoms with van der Waals surface area (Å²) in [5, 5.41) is 11.2. The summed E-state index contributed by atoms with van der Waals surface area (Å²) >= 11 is 0. The van der Waals surface area contributed by atoms with Crippen LogP contribution in [0.5, 0.6) is 0 Å². The number of hydrogen-bond donors (Lipinski definition) is 2. The summed E-state index contributed by atoms with van der Waals surface area (Å²) in [5.41, 5.74) is 10.1. The van der Waals surface area contributed by atoms with Crippen LogP contribution in [0.3, 0.4) is 0 Å². The lowest BCUT2D eigenvalue weighted by Gasteiger charge is -2.40. The van der Waals surface area contributed by atoms with Crippen LogP contribution in [-0.4, -0.2) is 46.1 Å². The molecule has 2 fully saturated rings. The van der Waals surface area contributed by atoms with Gasteiger partial charge in [0.25, 0.3) is 0 Å². The molecule has 5 atom stereocenters. The molecule has 0 bridgehead atoms. The SMILES string of the molecule is C[C@H]1CN(c2ccncc2CC(=O)c2ccc3cc([C@@H]4C[C@H]4c4ccccc4)oc3n2)C[C@@H](N)[C@@H]1O. The van der Waals surface area contributed by atoms with Crippen molar-refractivity contribution in [3.63, 3.8) is 0 Å². The van der Waals surface area contributed by atoms with Crippen molar-refractivity contribution in [3.8, 4) is 0 Å². The van der Waals surface area contributed by atoms with Gasteiger partial charge in [-0.2, -0.15) is 0 Å². The van der Waals surface area contributed by atoms with Crippen molar-refractivity contribution >= 4 is 22.6 Å². The van der Waals surface area contributed by atoms with Crippen LogP contribution in [0.25, 0.3) is 11.1 Å². The molecule has 0 amide bonds. The molecule has 7 heteroatoms. The number of carbonyl (C=O) groups excluding carboxylic acids is 1. The molecule has 1 saturated heterocycles. The van der Waals surface area contributed by atoms with Gasteiger partial charge in [0.15, 0.2) is 5.78 Å². The largest absolute Gasteiger partial charge is 0.442 e. The third-order valence-corrected chi connectivity index (χ3v) is 7.60. The summed E-state index contributed by atoms with van der Waals surface area (Å²) < 4.78 is 6.12. The minimum atomic E-state index is -0.527. The maximum Gasteiger partial charge on any atom is 0.226 e. The third-order valence-electron chi connectivity index (χ3n) is 7.60. The highest BCUT2D eigenvalue weighted by atomic mass is 16.3. The molecule has 1 aliphatic carbocycles. The number of hydrogen-bond acceptors (Lipinski definition) is 7. The van der Waals surface area contributed by atoms with Crippen molar-refractivity contribution in [1.29, 1.82) is 0 Å². The number of nitrogens with zero attached hydrogens (tertiary/aromatic N) is 3. The minimum absolute atomic E-state index is 0.0376. The van der Waals surface area contributed by atoms with E-state index in [1.54, 1.807) is 18.5 Å². The molecule has 6 rings (SSSR count). The molecule has 1 saturated carbocycles. The highest BCUT2D eigenvalue weighted by molar-refractivity contribution is 5.98. The van der Waals surface area contributed by atoms with Crippen molar-refractivity contribution in [2.45, 2.75) is 43.7 Å². The lowest BCUT2D eigenvalue weighted by molar-refractivity contribution is 0.0784. The van der Waals surface area contributed by atoms with Crippen LogP contribution in [0.1, 0.15) is 52.6 Å². The molecule has 3 N–H and O–H groups in total. The van der Waals surface area contributed by atoms with Crippen molar-refractivity contribution in [3.05, 3.63) is 89.6 Å².